The summed E-state index contributed by atoms with van der Waals surface area (Å²) in [5.74, 6) is -1.30. The molecule has 0 atom stereocenters. The lowest BCUT2D eigenvalue weighted by Crippen LogP contribution is -2.20. The number of benzene rings is 1. The van der Waals surface area contributed by atoms with E-state index in [9.17, 15) is 14.9 Å². The van der Waals surface area contributed by atoms with Crippen LogP contribution in [-0.2, 0) is 6.42 Å². The van der Waals surface area contributed by atoms with Crippen molar-refractivity contribution < 1.29 is 14.8 Å². The monoisotopic (exact) mass is 306 g/mol. The van der Waals surface area contributed by atoms with Gasteiger partial charge in [0.25, 0.3) is 5.69 Å². The van der Waals surface area contributed by atoms with E-state index in [0.717, 1.165) is 6.42 Å². The maximum Gasteiger partial charge on any atom is 0.342 e. The van der Waals surface area contributed by atoms with E-state index in [1.54, 1.807) is 17.4 Å². The van der Waals surface area contributed by atoms with Crippen molar-refractivity contribution in [1.29, 1.82) is 0 Å². The molecule has 1 heterocycles. The molecule has 21 heavy (non-hydrogen) atoms. The number of hydrogen-bond donors (Lipinski definition) is 1. The van der Waals surface area contributed by atoms with Crippen molar-refractivity contribution >= 4 is 28.7 Å². The third-order valence-corrected chi connectivity index (χ3v) is 4.06. The number of hydrogen-bond acceptors (Lipinski definition) is 5. The highest BCUT2D eigenvalue weighted by atomic mass is 32.1. The minimum atomic E-state index is -1.30. The molecule has 0 fully saturated rings. The Hall–Kier alpha value is -2.41. The lowest BCUT2D eigenvalue weighted by atomic mass is 10.1. The number of carboxylic acids is 1. The topological polar surface area (TPSA) is 83.7 Å². The summed E-state index contributed by atoms with van der Waals surface area (Å²) < 4.78 is 0. The van der Waals surface area contributed by atoms with Crippen LogP contribution >= 0.6 is 11.3 Å². The van der Waals surface area contributed by atoms with Crippen LogP contribution in [0.2, 0.25) is 0 Å². The minimum Gasteiger partial charge on any atom is -0.477 e. The molecular formula is C14H14N2O4S. The molecule has 0 saturated heterocycles. The second-order valence-corrected chi connectivity index (χ2v) is 5.55. The van der Waals surface area contributed by atoms with Gasteiger partial charge in [-0.2, -0.15) is 0 Å². The molecule has 1 aromatic carbocycles. The third kappa shape index (κ3) is 3.57. The van der Waals surface area contributed by atoms with Crippen molar-refractivity contribution in [2.24, 2.45) is 0 Å². The van der Waals surface area contributed by atoms with E-state index in [2.05, 4.69) is 0 Å². The molecule has 0 bridgehead atoms. The van der Waals surface area contributed by atoms with Gasteiger partial charge in [0, 0.05) is 30.2 Å². The Kier molecular flexibility index (Phi) is 4.54. The fourth-order valence-electron chi connectivity index (χ4n) is 1.95. The van der Waals surface area contributed by atoms with Crippen molar-refractivity contribution in [3.05, 3.63) is 56.3 Å². The summed E-state index contributed by atoms with van der Waals surface area (Å²) in [6, 6.07) is 8.17. The number of nitrogens with zero attached hydrogens (tertiary/aromatic N) is 2. The predicted octanol–water partition coefficient (Wildman–Crippen LogP) is 3.03. The summed E-state index contributed by atoms with van der Waals surface area (Å²) in [6.07, 6.45) is 0.841. The Bertz CT molecular complexity index is 655. The zero-order valence-electron chi connectivity index (χ0n) is 11.4. The average molecular weight is 306 g/mol. The second kappa shape index (κ2) is 6.36. The summed E-state index contributed by atoms with van der Waals surface area (Å²) in [6.45, 7) is 0.706. The smallest absolute Gasteiger partial charge is 0.342 e. The first-order valence-corrected chi connectivity index (χ1v) is 7.12. The van der Waals surface area contributed by atoms with E-state index in [1.165, 1.54) is 17.0 Å². The van der Waals surface area contributed by atoms with Crippen LogP contribution in [0.25, 0.3) is 0 Å². The van der Waals surface area contributed by atoms with E-state index in [-0.39, 0.29) is 5.56 Å². The first kappa shape index (κ1) is 15.0. The van der Waals surface area contributed by atoms with E-state index in [4.69, 9.17) is 5.11 Å². The van der Waals surface area contributed by atoms with Crippen LogP contribution in [0.5, 0.6) is 0 Å². The molecule has 0 aliphatic rings. The van der Waals surface area contributed by atoms with Gasteiger partial charge in [0.1, 0.15) is 5.56 Å². The number of carbonyl (C=O) groups is 1. The maximum atomic E-state index is 11.1. The van der Waals surface area contributed by atoms with Crippen LogP contribution in [0, 0.1) is 10.1 Å². The molecule has 7 heteroatoms. The van der Waals surface area contributed by atoms with Gasteiger partial charge in [-0.1, -0.05) is 6.07 Å². The van der Waals surface area contributed by atoms with E-state index in [1.807, 2.05) is 29.5 Å². The maximum absolute atomic E-state index is 11.1. The predicted molar refractivity (Wildman–Crippen MR) is 81.3 cm³/mol. The highest BCUT2D eigenvalue weighted by Gasteiger charge is 2.20. The first-order valence-electron chi connectivity index (χ1n) is 6.24. The van der Waals surface area contributed by atoms with Crippen LogP contribution in [0.15, 0.2) is 35.7 Å². The Labute approximate surface area is 125 Å². The second-order valence-electron chi connectivity index (χ2n) is 4.51. The van der Waals surface area contributed by atoms with Gasteiger partial charge >= 0.3 is 5.97 Å². The molecule has 0 saturated carbocycles. The largest absolute Gasteiger partial charge is 0.477 e. The molecule has 2 aromatic rings. The highest BCUT2D eigenvalue weighted by Crippen LogP contribution is 2.25. The first-order chi connectivity index (χ1) is 9.99. The molecule has 1 aromatic heterocycles. The molecule has 6 nitrogen and oxygen atoms in total. The number of rotatable bonds is 6. The molecule has 0 aliphatic carbocycles. The number of likely N-dealkylation sites (N-methyl/N-ethyl adjacent to an activating group) is 1. The van der Waals surface area contributed by atoms with Crippen molar-refractivity contribution in [3.63, 3.8) is 0 Å². The van der Waals surface area contributed by atoms with Crippen LogP contribution in [0.4, 0.5) is 11.4 Å². The summed E-state index contributed by atoms with van der Waals surface area (Å²) >= 11 is 1.66. The fraction of sp³-hybridized carbons (Fsp3) is 0.214. The standard InChI is InChI=1S/C14H14N2O4S/c1-15(7-6-11-3-2-8-21-11)10-4-5-13(16(19)20)12(9-10)14(17)18/h2-5,8-9H,6-7H2,1H3,(H,17,18). The Morgan fingerprint density at radius 3 is 2.76 bits per heavy atom. The van der Waals surface area contributed by atoms with Gasteiger partial charge in [-0.25, -0.2) is 4.79 Å². The summed E-state index contributed by atoms with van der Waals surface area (Å²) in [5, 5.41) is 21.9. The number of aromatic carboxylic acids is 1. The Balaban J connectivity index is 2.17. The van der Waals surface area contributed by atoms with E-state index in [0.29, 0.717) is 12.2 Å². The van der Waals surface area contributed by atoms with Gasteiger partial charge in [0.15, 0.2) is 0 Å². The minimum absolute atomic E-state index is 0.291. The van der Waals surface area contributed by atoms with Crippen LogP contribution in [0.3, 0.4) is 0 Å². The summed E-state index contributed by atoms with van der Waals surface area (Å²) in [4.78, 5) is 24.4. The average Bonchev–Trinajstić information content (AvgIpc) is 2.97. The van der Waals surface area contributed by atoms with E-state index >= 15 is 0 Å². The van der Waals surface area contributed by atoms with Crippen molar-refractivity contribution in [3.8, 4) is 0 Å². The number of carboxylic acid groups (broad SMARTS) is 1. The highest BCUT2D eigenvalue weighted by molar-refractivity contribution is 7.09. The summed E-state index contributed by atoms with van der Waals surface area (Å²) in [5.41, 5.74) is -0.0343. The number of thiophene rings is 1. The molecule has 2 rings (SSSR count). The fourth-order valence-corrected chi connectivity index (χ4v) is 2.65. The molecule has 0 spiro atoms. The van der Waals surface area contributed by atoms with Crippen molar-refractivity contribution in [2.75, 3.05) is 18.5 Å². The van der Waals surface area contributed by atoms with Crippen LogP contribution in [-0.4, -0.2) is 29.6 Å². The lowest BCUT2D eigenvalue weighted by molar-refractivity contribution is -0.385. The molecule has 0 unspecified atom stereocenters. The van der Waals surface area contributed by atoms with E-state index < -0.39 is 16.6 Å². The SMILES string of the molecule is CN(CCc1cccs1)c1ccc([N+](=O)[O-])c(C(=O)O)c1. The Morgan fingerprint density at radius 1 is 1.43 bits per heavy atom. The van der Waals surface area contributed by atoms with Gasteiger partial charge in [0.2, 0.25) is 0 Å². The molecule has 0 amide bonds. The van der Waals surface area contributed by atoms with Gasteiger partial charge < -0.3 is 10.0 Å². The van der Waals surface area contributed by atoms with Gasteiger partial charge in [0.05, 0.1) is 4.92 Å². The van der Waals surface area contributed by atoms with Gasteiger partial charge in [-0.15, -0.1) is 11.3 Å². The molecule has 0 aliphatic heterocycles. The molecule has 1 N–H and O–H groups in total. The van der Waals surface area contributed by atoms with Crippen LogP contribution < -0.4 is 4.90 Å². The number of anilines is 1. The zero-order valence-corrected chi connectivity index (χ0v) is 12.2. The number of nitro groups is 1. The number of nitro benzene ring substituents is 1. The van der Waals surface area contributed by atoms with Gasteiger partial charge in [-0.3, -0.25) is 10.1 Å². The normalized spacial score (nSPS) is 10.3. The lowest BCUT2D eigenvalue weighted by Gasteiger charge is -2.19. The van der Waals surface area contributed by atoms with Crippen LogP contribution in [0.1, 0.15) is 15.2 Å². The summed E-state index contributed by atoms with van der Waals surface area (Å²) in [7, 11) is 1.83. The van der Waals surface area contributed by atoms with Gasteiger partial charge in [-0.05, 0) is 30.0 Å². The zero-order chi connectivity index (χ0) is 15.4. The molecular weight excluding hydrogens is 292 g/mol. The van der Waals surface area contributed by atoms with Crippen molar-refractivity contribution in [2.45, 2.75) is 6.42 Å². The molecule has 110 valence electrons. The Morgan fingerprint density at radius 2 is 2.19 bits per heavy atom. The van der Waals surface area contributed by atoms with Crippen molar-refractivity contribution in [1.82, 2.24) is 0 Å². The quantitative estimate of drug-likeness (QED) is 0.655. The molecule has 0 radical (unpaired) electrons. The third-order valence-electron chi connectivity index (χ3n) is 3.12.